The van der Waals surface area contributed by atoms with Crippen LogP contribution in [0.5, 0.6) is 11.5 Å². The van der Waals surface area contributed by atoms with Gasteiger partial charge in [-0.1, -0.05) is 6.07 Å². The van der Waals surface area contributed by atoms with E-state index in [1.54, 1.807) is 0 Å². The average molecular weight is 421 g/mol. The van der Waals surface area contributed by atoms with Gasteiger partial charge in [0.05, 0.1) is 16.9 Å². The Kier molecular flexibility index (Phi) is 6.39. The quantitative estimate of drug-likeness (QED) is 0.702. The lowest BCUT2D eigenvalue weighted by atomic mass is 10.2. The molecule has 0 bridgehead atoms. The summed E-state index contributed by atoms with van der Waals surface area (Å²) in [4.78, 5) is -0.111. The van der Waals surface area contributed by atoms with Crippen LogP contribution in [0.3, 0.4) is 0 Å². The third-order valence-electron chi connectivity index (χ3n) is 3.47. The van der Waals surface area contributed by atoms with E-state index >= 15 is 0 Å². The predicted octanol–water partition coefficient (Wildman–Crippen LogP) is 2.18. The van der Waals surface area contributed by atoms with Gasteiger partial charge < -0.3 is 9.47 Å². The number of hydrogen-bond donors (Lipinski definition) is 1. The Morgan fingerprint density at radius 2 is 1.56 bits per heavy atom. The average Bonchev–Trinajstić information content (AvgIpc) is 2.60. The van der Waals surface area contributed by atoms with Gasteiger partial charge in [-0.2, -0.15) is 8.78 Å². The zero-order valence-corrected chi connectivity index (χ0v) is 16.0. The minimum atomic E-state index is -3.91. The Hall–Kier alpha value is -2.24. The number of hydrogen-bond acceptors (Lipinski definition) is 6. The number of rotatable bonds is 8. The predicted molar refractivity (Wildman–Crippen MR) is 93.2 cm³/mol. The molecule has 0 spiro atoms. The summed E-state index contributed by atoms with van der Waals surface area (Å²) in [6.07, 6.45) is 1.02. The van der Waals surface area contributed by atoms with Gasteiger partial charge in [0.2, 0.25) is 10.0 Å². The van der Waals surface area contributed by atoms with E-state index in [-0.39, 0.29) is 27.8 Å². The lowest BCUT2D eigenvalue weighted by Gasteiger charge is -2.12. The maximum atomic E-state index is 12.3. The van der Waals surface area contributed by atoms with Crippen molar-refractivity contribution in [1.29, 1.82) is 0 Å². The van der Waals surface area contributed by atoms with Gasteiger partial charge in [0.1, 0.15) is 0 Å². The van der Waals surface area contributed by atoms with Gasteiger partial charge in [-0.15, -0.1) is 0 Å². The van der Waals surface area contributed by atoms with E-state index in [2.05, 4.69) is 9.46 Å². The fraction of sp³-hybridized carbons (Fsp3) is 0.250. The molecule has 0 unspecified atom stereocenters. The van der Waals surface area contributed by atoms with Crippen LogP contribution in [0.25, 0.3) is 0 Å². The zero-order chi connectivity index (χ0) is 20.2. The third kappa shape index (κ3) is 5.62. The van der Waals surface area contributed by atoms with Crippen molar-refractivity contribution in [2.45, 2.75) is 22.9 Å². The molecule has 2 rings (SSSR count). The summed E-state index contributed by atoms with van der Waals surface area (Å²) in [7, 11) is -6.07. The van der Waals surface area contributed by atoms with Crippen LogP contribution in [0.4, 0.5) is 8.78 Å². The largest absolute Gasteiger partial charge is 0.493 e. The molecule has 2 aromatic carbocycles. The van der Waals surface area contributed by atoms with Gasteiger partial charge in [0, 0.05) is 12.8 Å². The first kappa shape index (κ1) is 21.1. The Morgan fingerprint density at radius 1 is 0.963 bits per heavy atom. The summed E-state index contributed by atoms with van der Waals surface area (Å²) in [5.74, 6) is -0.139. The second kappa shape index (κ2) is 8.19. The zero-order valence-electron chi connectivity index (χ0n) is 14.3. The number of sulfonamides is 1. The van der Waals surface area contributed by atoms with Gasteiger partial charge >= 0.3 is 6.61 Å². The van der Waals surface area contributed by atoms with Crippen LogP contribution >= 0.6 is 0 Å². The van der Waals surface area contributed by atoms with E-state index in [4.69, 9.17) is 4.74 Å². The van der Waals surface area contributed by atoms with Crippen LogP contribution < -0.4 is 14.2 Å². The van der Waals surface area contributed by atoms with E-state index in [0.29, 0.717) is 5.56 Å². The number of ether oxygens (including phenoxy) is 2. The number of benzene rings is 2. The smallest absolute Gasteiger partial charge is 0.387 e. The topological polar surface area (TPSA) is 98.8 Å². The molecule has 2 aromatic rings. The van der Waals surface area contributed by atoms with Gasteiger partial charge in [-0.3, -0.25) is 0 Å². The molecule has 0 atom stereocenters. The van der Waals surface area contributed by atoms with Gasteiger partial charge in [-0.05, 0) is 42.0 Å². The van der Waals surface area contributed by atoms with Crippen LogP contribution in [0.15, 0.2) is 52.3 Å². The molecule has 0 heterocycles. The number of alkyl halides is 2. The minimum absolute atomic E-state index is 0.000746. The summed E-state index contributed by atoms with van der Waals surface area (Å²) in [6.45, 7) is -3.15. The first-order valence-corrected chi connectivity index (χ1v) is 10.8. The molecule has 0 radical (unpaired) electrons. The summed E-state index contributed by atoms with van der Waals surface area (Å²) >= 11 is 0. The lowest BCUT2D eigenvalue weighted by Crippen LogP contribution is -2.23. The van der Waals surface area contributed by atoms with Crippen molar-refractivity contribution in [1.82, 2.24) is 4.72 Å². The summed E-state index contributed by atoms with van der Waals surface area (Å²) in [5, 5.41) is 0. The first-order chi connectivity index (χ1) is 12.5. The van der Waals surface area contributed by atoms with E-state index in [0.717, 1.165) is 6.26 Å². The minimum Gasteiger partial charge on any atom is -0.493 e. The highest BCUT2D eigenvalue weighted by atomic mass is 32.2. The molecule has 11 heteroatoms. The molecule has 0 saturated heterocycles. The van der Waals surface area contributed by atoms with Crippen molar-refractivity contribution in [2.24, 2.45) is 0 Å². The maximum Gasteiger partial charge on any atom is 0.387 e. The lowest BCUT2D eigenvalue weighted by molar-refractivity contribution is -0.0512. The first-order valence-electron chi connectivity index (χ1n) is 7.44. The van der Waals surface area contributed by atoms with Crippen LogP contribution in [-0.2, 0) is 26.4 Å². The highest BCUT2D eigenvalue weighted by Gasteiger charge is 2.16. The second-order valence-electron chi connectivity index (χ2n) is 5.43. The molecule has 0 amide bonds. The second-order valence-corrected chi connectivity index (χ2v) is 9.21. The molecule has 0 fully saturated rings. The highest BCUT2D eigenvalue weighted by molar-refractivity contribution is 7.90. The highest BCUT2D eigenvalue weighted by Crippen LogP contribution is 2.29. The molecule has 27 heavy (non-hydrogen) atoms. The molecular formula is C16H17F2NO6S2. The van der Waals surface area contributed by atoms with Crippen molar-refractivity contribution >= 4 is 19.9 Å². The van der Waals surface area contributed by atoms with Gasteiger partial charge in [-0.25, -0.2) is 21.6 Å². The summed E-state index contributed by atoms with van der Waals surface area (Å²) in [6, 6.07) is 8.78. The molecular weight excluding hydrogens is 404 g/mol. The van der Waals surface area contributed by atoms with Gasteiger partial charge in [0.25, 0.3) is 0 Å². The SMILES string of the molecule is COc1cc(CNS(=O)(=O)c2ccc(S(C)(=O)=O)cc2)ccc1OC(F)F. The molecule has 1 N–H and O–H groups in total. The van der Waals surface area contributed by atoms with E-state index < -0.39 is 26.5 Å². The Morgan fingerprint density at radius 3 is 2.07 bits per heavy atom. The standard InChI is InChI=1S/C16H17F2NO6S2/c1-24-15-9-11(3-8-14(15)25-16(17)18)10-19-27(22,23)13-6-4-12(5-7-13)26(2,20)21/h3-9,16,19H,10H2,1-2H3. The van der Waals surface area contributed by atoms with E-state index in [9.17, 15) is 25.6 Å². The van der Waals surface area contributed by atoms with Gasteiger partial charge in [0.15, 0.2) is 21.3 Å². The molecule has 0 aliphatic rings. The number of sulfone groups is 1. The van der Waals surface area contributed by atoms with Crippen molar-refractivity contribution in [3.8, 4) is 11.5 Å². The molecule has 148 valence electrons. The summed E-state index contributed by atoms with van der Waals surface area (Å²) in [5.41, 5.74) is 0.449. The Balaban J connectivity index is 2.15. The Labute approximate surface area is 155 Å². The molecule has 0 aromatic heterocycles. The monoisotopic (exact) mass is 421 g/mol. The molecule has 0 aliphatic heterocycles. The van der Waals surface area contributed by atoms with Crippen LogP contribution in [-0.4, -0.2) is 36.8 Å². The van der Waals surface area contributed by atoms with Crippen LogP contribution in [0.1, 0.15) is 5.56 Å². The van der Waals surface area contributed by atoms with Crippen molar-refractivity contribution in [3.05, 3.63) is 48.0 Å². The number of methoxy groups -OCH3 is 1. The van der Waals surface area contributed by atoms with E-state index in [1.807, 2.05) is 0 Å². The number of nitrogens with one attached hydrogen (secondary N) is 1. The van der Waals surface area contributed by atoms with E-state index in [1.165, 1.54) is 49.6 Å². The summed E-state index contributed by atoms with van der Waals surface area (Å²) < 4.78 is 83.7. The molecule has 0 aliphatic carbocycles. The van der Waals surface area contributed by atoms with Crippen LogP contribution in [0, 0.1) is 0 Å². The maximum absolute atomic E-state index is 12.3. The fourth-order valence-electron chi connectivity index (χ4n) is 2.14. The number of halogens is 2. The third-order valence-corrected chi connectivity index (χ3v) is 6.02. The normalized spacial score (nSPS) is 12.2. The van der Waals surface area contributed by atoms with Crippen molar-refractivity contribution in [3.63, 3.8) is 0 Å². The fourth-order valence-corrected chi connectivity index (χ4v) is 3.79. The van der Waals surface area contributed by atoms with Crippen LogP contribution in [0.2, 0.25) is 0 Å². The van der Waals surface area contributed by atoms with Crippen molar-refractivity contribution < 1.29 is 35.1 Å². The van der Waals surface area contributed by atoms with Crippen molar-refractivity contribution in [2.75, 3.05) is 13.4 Å². The molecule has 7 nitrogen and oxygen atoms in total. The molecule has 0 saturated carbocycles. The Bertz CT molecular complexity index is 1010.